The molecule has 83 heavy (non-hydrogen) atoms. The standard InChI is InChI=1S/C54H82N14O15/c1-8-29(4)44(68-50(79)38(23-28(2)3)64-46(75)31(6)61-47(76)36(62-32(7)70)20-21-42(55)72)52(81)67-41(27-69)51(80)66-40(24-33-13-10-9-11-14-33)49(78)65-39(25-34-16-18-35(71)19-17-34)48(77)60-30(5)45(74)59-26-43(73)63-37(53(82)83)15-12-22-58-54(56)57/h9-11,13-14,16-19,28-31,36-41,44,69,71H,8,12,15,20-27H2,1-7H3,(H2,55,72)(H,59,74)(H,60,77)(H,61,76)(H,62,70)(H,63,73)(H,64,75)(H,65,78)(H,66,80)(H,67,81)(H,68,79)(H,82,83)(H4,56,57,58)/t29-,30-,31-,36-,37-,38-,39-,40-,41-,44-/m0/s1. The van der Waals surface area contributed by atoms with Crippen LogP contribution in [0.4, 0.5) is 0 Å². The van der Waals surface area contributed by atoms with E-state index in [-0.39, 0.29) is 69.1 Å². The zero-order valence-electron chi connectivity index (χ0n) is 47.7. The zero-order valence-corrected chi connectivity index (χ0v) is 47.7. The number of aliphatic hydroxyl groups excluding tert-OH is 1. The molecule has 0 aliphatic carbocycles. The van der Waals surface area contributed by atoms with Gasteiger partial charge >= 0.3 is 5.97 Å². The van der Waals surface area contributed by atoms with Crippen LogP contribution in [-0.4, -0.2) is 166 Å². The van der Waals surface area contributed by atoms with E-state index in [9.17, 15) is 72.9 Å². The molecule has 0 aromatic heterocycles. The second-order valence-electron chi connectivity index (χ2n) is 20.3. The Morgan fingerprint density at radius 2 is 1.06 bits per heavy atom. The van der Waals surface area contributed by atoms with Gasteiger partial charge in [-0.1, -0.05) is 76.6 Å². The van der Waals surface area contributed by atoms with Crippen LogP contribution < -0.4 is 70.4 Å². The van der Waals surface area contributed by atoms with Gasteiger partial charge in [0.2, 0.25) is 65.0 Å². The van der Waals surface area contributed by atoms with Crippen LogP contribution in [0.2, 0.25) is 0 Å². The summed E-state index contributed by atoms with van der Waals surface area (Å²) in [5, 5.41) is 54.8. The number of aromatic hydroxyl groups is 1. The Bertz CT molecular complexity index is 2580. The molecule has 0 fully saturated rings. The van der Waals surface area contributed by atoms with Gasteiger partial charge in [0.05, 0.1) is 13.2 Å². The molecule has 0 aliphatic heterocycles. The third-order valence-corrected chi connectivity index (χ3v) is 12.8. The van der Waals surface area contributed by atoms with Gasteiger partial charge in [-0.3, -0.25) is 57.7 Å². The number of aliphatic imine (C=N–C) groups is 1. The van der Waals surface area contributed by atoms with Crippen molar-refractivity contribution in [3.63, 3.8) is 0 Å². The average molecular weight is 1170 g/mol. The predicted molar refractivity (Wildman–Crippen MR) is 301 cm³/mol. The summed E-state index contributed by atoms with van der Waals surface area (Å²) in [5.74, 6) is -11.7. The number of carbonyl (C=O) groups is 12. The number of aliphatic carboxylic acids is 1. The van der Waals surface area contributed by atoms with E-state index in [1.165, 1.54) is 38.1 Å². The highest BCUT2D eigenvalue weighted by molar-refractivity contribution is 5.98. The smallest absolute Gasteiger partial charge is 0.326 e. The van der Waals surface area contributed by atoms with Crippen molar-refractivity contribution in [2.75, 3.05) is 19.7 Å². The molecule has 11 amide bonds. The molecule has 0 aliphatic rings. The van der Waals surface area contributed by atoms with Gasteiger partial charge in [0.15, 0.2) is 5.96 Å². The lowest BCUT2D eigenvalue weighted by Gasteiger charge is -2.29. The Morgan fingerprint density at radius 3 is 1.58 bits per heavy atom. The molecule has 0 radical (unpaired) electrons. The second-order valence-corrected chi connectivity index (χ2v) is 20.3. The maximum absolute atomic E-state index is 14.4. The number of carbonyl (C=O) groups excluding carboxylic acids is 11. The first kappa shape index (κ1) is 70.2. The van der Waals surface area contributed by atoms with Gasteiger partial charge in [0.1, 0.15) is 60.1 Å². The fourth-order valence-corrected chi connectivity index (χ4v) is 7.98. The van der Waals surface area contributed by atoms with Crippen LogP contribution in [0.1, 0.15) is 98.1 Å². The number of hydrogen-bond acceptors (Lipinski definition) is 15. The Hall–Kier alpha value is -8.89. The van der Waals surface area contributed by atoms with Crippen LogP contribution in [-0.2, 0) is 70.4 Å². The van der Waals surface area contributed by atoms with Crippen molar-refractivity contribution in [2.24, 2.45) is 34.0 Å². The number of nitrogens with two attached hydrogens (primary N) is 3. The molecule has 2 rings (SSSR count). The van der Waals surface area contributed by atoms with Gasteiger partial charge in [-0.15, -0.1) is 0 Å². The maximum atomic E-state index is 14.4. The molecule has 0 saturated carbocycles. The van der Waals surface area contributed by atoms with Crippen LogP contribution in [0.3, 0.4) is 0 Å². The SMILES string of the molecule is CC[C@H](C)[C@H](NC(=O)[C@H](CC(C)C)NC(=O)[C@H](C)NC(=O)[C@H](CCC(N)=O)NC(C)=O)C(=O)N[C@@H](CO)C(=O)N[C@@H](Cc1ccccc1)C(=O)N[C@@H](Cc1ccc(O)cc1)C(=O)N[C@@H](C)C(=O)NCC(=O)N[C@@H](CCCN=C(N)N)C(=O)O. The summed E-state index contributed by atoms with van der Waals surface area (Å²) in [4.78, 5) is 162. The lowest BCUT2D eigenvalue weighted by atomic mass is 9.96. The van der Waals surface area contributed by atoms with Crippen molar-refractivity contribution in [3.05, 3.63) is 65.7 Å². The first-order valence-electron chi connectivity index (χ1n) is 27.0. The number of nitrogens with one attached hydrogen (secondary N) is 10. The van der Waals surface area contributed by atoms with Gasteiger partial charge < -0.3 is 85.7 Å². The van der Waals surface area contributed by atoms with Crippen molar-refractivity contribution >= 4 is 76.9 Å². The summed E-state index contributed by atoms with van der Waals surface area (Å²) in [6.07, 6.45) is -0.265. The molecule has 0 saturated heterocycles. The third kappa shape index (κ3) is 26.5. The summed E-state index contributed by atoms with van der Waals surface area (Å²) in [6.45, 7) is 9.10. The molecular weight excluding hydrogens is 1080 g/mol. The van der Waals surface area contributed by atoms with Crippen molar-refractivity contribution < 1.29 is 72.9 Å². The van der Waals surface area contributed by atoms with E-state index in [0.717, 1.165) is 6.92 Å². The van der Waals surface area contributed by atoms with Crippen LogP contribution >= 0.6 is 0 Å². The summed E-state index contributed by atoms with van der Waals surface area (Å²) < 4.78 is 0. The van der Waals surface area contributed by atoms with E-state index in [0.29, 0.717) is 17.5 Å². The fourth-order valence-electron chi connectivity index (χ4n) is 7.98. The number of guanidine groups is 1. The Kier molecular flexibility index (Phi) is 30.2. The normalized spacial score (nSPS) is 14.5. The number of primary amides is 1. The first-order valence-corrected chi connectivity index (χ1v) is 27.0. The number of rotatable bonds is 36. The van der Waals surface area contributed by atoms with Crippen LogP contribution in [0.5, 0.6) is 5.75 Å². The largest absolute Gasteiger partial charge is 0.508 e. The summed E-state index contributed by atoms with van der Waals surface area (Å²) in [5.41, 5.74) is 16.8. The van der Waals surface area contributed by atoms with E-state index in [2.05, 4.69) is 58.2 Å². The van der Waals surface area contributed by atoms with Crippen LogP contribution in [0, 0.1) is 11.8 Å². The molecule has 0 unspecified atom stereocenters. The topological polar surface area (TPSA) is 476 Å². The van der Waals surface area contributed by atoms with E-state index in [1.807, 2.05) is 0 Å². The highest BCUT2D eigenvalue weighted by Crippen LogP contribution is 2.15. The number of phenolic OH excluding ortho intramolecular Hbond substituents is 1. The van der Waals surface area contributed by atoms with Crippen molar-refractivity contribution in [2.45, 2.75) is 154 Å². The van der Waals surface area contributed by atoms with Crippen LogP contribution in [0.25, 0.3) is 0 Å². The minimum atomic E-state index is -1.74. The lowest BCUT2D eigenvalue weighted by molar-refractivity contribution is -0.142. The lowest BCUT2D eigenvalue weighted by Crippen LogP contribution is -2.62. The fraction of sp³-hybridized carbons (Fsp3) is 0.537. The van der Waals surface area contributed by atoms with Crippen molar-refractivity contribution in [1.82, 2.24) is 53.2 Å². The van der Waals surface area contributed by atoms with Gasteiger partial charge in [0.25, 0.3) is 0 Å². The van der Waals surface area contributed by atoms with Gasteiger partial charge in [-0.25, -0.2) is 4.79 Å². The van der Waals surface area contributed by atoms with E-state index in [1.54, 1.807) is 58.0 Å². The molecule has 0 bridgehead atoms. The molecule has 29 heteroatoms. The molecule has 29 nitrogen and oxygen atoms in total. The van der Waals surface area contributed by atoms with E-state index in [4.69, 9.17) is 17.2 Å². The molecule has 10 atom stereocenters. The van der Waals surface area contributed by atoms with Crippen LogP contribution in [0.15, 0.2) is 59.6 Å². The van der Waals surface area contributed by atoms with E-state index >= 15 is 0 Å². The molecule has 2 aromatic rings. The first-order chi connectivity index (χ1) is 39.0. The number of benzene rings is 2. The molecular formula is C54H82N14O15. The van der Waals surface area contributed by atoms with Crippen molar-refractivity contribution in [3.8, 4) is 5.75 Å². The Balaban J connectivity index is 2.35. The number of hydrogen-bond donors (Lipinski definition) is 16. The highest BCUT2D eigenvalue weighted by atomic mass is 16.4. The maximum Gasteiger partial charge on any atom is 0.326 e. The predicted octanol–water partition coefficient (Wildman–Crippen LogP) is -3.80. The second kappa shape index (κ2) is 35.8. The molecule has 0 heterocycles. The highest BCUT2D eigenvalue weighted by Gasteiger charge is 2.36. The number of aliphatic hydroxyl groups is 1. The number of phenols is 1. The summed E-state index contributed by atoms with van der Waals surface area (Å²) >= 11 is 0. The average Bonchev–Trinajstić information content (AvgIpc) is 3.47. The minimum Gasteiger partial charge on any atom is -0.508 e. The molecule has 19 N–H and O–H groups in total. The van der Waals surface area contributed by atoms with E-state index < -0.39 is 144 Å². The minimum absolute atomic E-state index is 0.0335. The van der Waals surface area contributed by atoms with Crippen molar-refractivity contribution in [1.29, 1.82) is 0 Å². The summed E-state index contributed by atoms with van der Waals surface area (Å²) in [7, 11) is 0. The quantitative estimate of drug-likeness (QED) is 0.0177. The number of carboxylic acids is 1. The molecule has 458 valence electrons. The van der Waals surface area contributed by atoms with Gasteiger partial charge in [-0.2, -0.15) is 0 Å². The molecule has 2 aromatic carbocycles. The third-order valence-electron chi connectivity index (χ3n) is 12.8. The Morgan fingerprint density at radius 1 is 0.554 bits per heavy atom. The van der Waals surface area contributed by atoms with Gasteiger partial charge in [-0.05, 0) is 74.6 Å². The van der Waals surface area contributed by atoms with Gasteiger partial charge in [0, 0.05) is 32.7 Å². The number of nitrogens with zero attached hydrogens (tertiary/aromatic N) is 1. The monoisotopic (exact) mass is 1170 g/mol. The Labute approximate surface area is 481 Å². The number of carboxylic acid groups (broad SMARTS) is 1. The zero-order chi connectivity index (χ0) is 62.5. The molecule has 0 spiro atoms. The number of amides is 11. The summed E-state index contributed by atoms with van der Waals surface area (Å²) in [6, 6.07) is 1.48.